The first-order chi connectivity index (χ1) is 16.1. The van der Waals surface area contributed by atoms with Crippen molar-refractivity contribution in [2.75, 3.05) is 6.61 Å². The maximum absolute atomic E-state index is 14.1. The zero-order valence-corrected chi connectivity index (χ0v) is 21.6. The van der Waals surface area contributed by atoms with E-state index in [4.69, 9.17) is 14.2 Å². The summed E-state index contributed by atoms with van der Waals surface area (Å²) in [6.45, 7) is 11.5. The lowest BCUT2D eigenvalue weighted by atomic mass is 9.46. The van der Waals surface area contributed by atoms with E-state index < -0.39 is 5.79 Å². The molecule has 2 saturated heterocycles. The summed E-state index contributed by atoms with van der Waals surface area (Å²) in [6, 6.07) is 0. The number of esters is 1. The average molecular weight is 471 g/mol. The van der Waals surface area contributed by atoms with Crippen LogP contribution < -0.4 is 0 Å². The minimum Gasteiger partial charge on any atom is -0.462 e. The van der Waals surface area contributed by atoms with Crippen molar-refractivity contribution in [1.82, 2.24) is 0 Å². The summed E-state index contributed by atoms with van der Waals surface area (Å²) in [5, 5.41) is 0. The predicted molar refractivity (Wildman–Crippen MR) is 128 cm³/mol. The van der Waals surface area contributed by atoms with Crippen LogP contribution in [0.25, 0.3) is 0 Å². The Kier molecular flexibility index (Phi) is 5.22. The van der Waals surface area contributed by atoms with E-state index in [0.717, 1.165) is 51.6 Å². The standard InChI is InChI=1S/C29H42O5/c1-16-8-11-29(32-15-16)17(2)26-24(34-29)13-23-21-7-6-19-12-20(33-18(3)30)9-10-27(19,4)22(21)14-25(31)28(23,26)5/h6,16-17,20-24,26H,7-15H2,1-5H3/t16-,17-,20-,21+,22-,23-,24-,26-,27-,28+,29+/m0/s1. The fourth-order valence-electron chi connectivity index (χ4n) is 9.66. The van der Waals surface area contributed by atoms with Crippen LogP contribution >= 0.6 is 0 Å². The Balaban J connectivity index is 1.28. The molecule has 6 rings (SSSR count). The third-order valence-electron chi connectivity index (χ3n) is 11.5. The van der Waals surface area contributed by atoms with Crippen molar-refractivity contribution in [2.24, 2.45) is 46.3 Å². The predicted octanol–water partition coefficient (Wildman–Crippen LogP) is 5.46. The second-order valence-corrected chi connectivity index (χ2v) is 13.1. The van der Waals surface area contributed by atoms with Gasteiger partial charge in [0.15, 0.2) is 5.79 Å². The zero-order valence-electron chi connectivity index (χ0n) is 21.6. The lowest BCUT2D eigenvalue weighted by molar-refractivity contribution is -0.272. The Labute approximate surface area is 204 Å². The molecule has 4 aliphatic carbocycles. The maximum atomic E-state index is 14.1. The molecule has 0 N–H and O–H groups in total. The van der Waals surface area contributed by atoms with Crippen LogP contribution in [0.5, 0.6) is 0 Å². The lowest BCUT2D eigenvalue weighted by Gasteiger charge is -2.57. The highest BCUT2D eigenvalue weighted by Crippen LogP contribution is 2.69. The molecule has 1 spiro atoms. The Hall–Kier alpha value is -1.20. The molecule has 0 unspecified atom stereocenters. The topological polar surface area (TPSA) is 61.8 Å². The van der Waals surface area contributed by atoms with Gasteiger partial charge in [0.2, 0.25) is 0 Å². The number of hydrogen-bond acceptors (Lipinski definition) is 5. The number of allylic oxidation sites excluding steroid dienone is 1. The molecule has 5 nitrogen and oxygen atoms in total. The fourth-order valence-corrected chi connectivity index (χ4v) is 9.66. The van der Waals surface area contributed by atoms with Gasteiger partial charge in [-0.3, -0.25) is 9.59 Å². The van der Waals surface area contributed by atoms with E-state index in [0.29, 0.717) is 35.9 Å². The maximum Gasteiger partial charge on any atom is 0.302 e. The van der Waals surface area contributed by atoms with Crippen molar-refractivity contribution in [2.45, 2.75) is 104 Å². The van der Waals surface area contributed by atoms with Gasteiger partial charge in [-0.25, -0.2) is 0 Å². The molecule has 3 saturated carbocycles. The van der Waals surface area contributed by atoms with Crippen LogP contribution in [0, 0.1) is 46.3 Å². The number of ketones is 1. The Bertz CT molecular complexity index is 915. The first kappa shape index (κ1) is 23.2. The molecule has 2 aliphatic heterocycles. The molecule has 0 bridgehead atoms. The van der Waals surface area contributed by atoms with Crippen LogP contribution in [0.2, 0.25) is 0 Å². The Morgan fingerprint density at radius 2 is 1.91 bits per heavy atom. The smallest absolute Gasteiger partial charge is 0.302 e. The third-order valence-corrected chi connectivity index (χ3v) is 11.5. The van der Waals surface area contributed by atoms with E-state index in [9.17, 15) is 9.59 Å². The van der Waals surface area contributed by atoms with Crippen LogP contribution in [0.15, 0.2) is 11.6 Å². The van der Waals surface area contributed by atoms with Gasteiger partial charge in [-0.1, -0.05) is 39.3 Å². The fraction of sp³-hybridized carbons (Fsp3) is 0.862. The molecule has 34 heavy (non-hydrogen) atoms. The van der Waals surface area contributed by atoms with Crippen LogP contribution in [-0.4, -0.2) is 36.4 Å². The van der Waals surface area contributed by atoms with Gasteiger partial charge in [-0.2, -0.15) is 0 Å². The van der Waals surface area contributed by atoms with E-state index in [1.165, 1.54) is 12.5 Å². The molecule has 2 heterocycles. The number of rotatable bonds is 1. The van der Waals surface area contributed by atoms with Gasteiger partial charge in [-0.05, 0) is 61.2 Å². The zero-order chi connectivity index (χ0) is 24.0. The number of hydrogen-bond donors (Lipinski definition) is 0. The minimum atomic E-state index is -0.479. The summed E-state index contributed by atoms with van der Waals surface area (Å²) in [4.78, 5) is 25.6. The van der Waals surface area contributed by atoms with Crippen LogP contribution in [0.4, 0.5) is 0 Å². The first-order valence-corrected chi connectivity index (χ1v) is 13.8. The second kappa shape index (κ2) is 7.65. The lowest BCUT2D eigenvalue weighted by Crippen LogP contribution is -2.56. The third kappa shape index (κ3) is 3.04. The SMILES string of the molecule is CC(=O)O[C@H]1CC[C@@]2(C)C(=CC[C@H]3[C@@H]4C[C@@H]5O[C@]6(CC[C@H](C)CO6)[C@@H](C)[C@@H]5[C@@]4(C)C(=O)C[C@@H]32)C1. The van der Waals surface area contributed by atoms with E-state index in [2.05, 4.69) is 33.8 Å². The molecular weight excluding hydrogens is 428 g/mol. The van der Waals surface area contributed by atoms with Crippen molar-refractivity contribution in [3.63, 3.8) is 0 Å². The molecule has 5 heteroatoms. The van der Waals surface area contributed by atoms with E-state index >= 15 is 0 Å². The Morgan fingerprint density at radius 3 is 2.62 bits per heavy atom. The largest absolute Gasteiger partial charge is 0.462 e. The average Bonchev–Trinajstić information content (AvgIpc) is 3.23. The number of Topliss-reactive ketones (excluding diaryl/α,β-unsaturated/α-hetero) is 1. The molecule has 0 amide bonds. The number of carbonyl (C=O) groups excluding carboxylic acids is 2. The highest BCUT2D eigenvalue weighted by atomic mass is 16.7. The van der Waals surface area contributed by atoms with Crippen molar-refractivity contribution < 1.29 is 23.8 Å². The van der Waals surface area contributed by atoms with Gasteiger partial charge in [0, 0.05) is 43.4 Å². The number of fused-ring (bicyclic) bond motifs is 7. The van der Waals surface area contributed by atoms with Gasteiger partial charge >= 0.3 is 5.97 Å². The first-order valence-electron chi connectivity index (χ1n) is 13.8. The summed E-state index contributed by atoms with van der Waals surface area (Å²) in [6.07, 6.45) is 10.1. The van der Waals surface area contributed by atoms with Gasteiger partial charge in [-0.15, -0.1) is 0 Å². The van der Waals surface area contributed by atoms with Crippen LogP contribution in [-0.2, 0) is 23.8 Å². The van der Waals surface area contributed by atoms with Crippen molar-refractivity contribution in [3.8, 4) is 0 Å². The quantitative estimate of drug-likeness (QED) is 0.376. The Morgan fingerprint density at radius 1 is 1.12 bits per heavy atom. The van der Waals surface area contributed by atoms with Crippen molar-refractivity contribution in [3.05, 3.63) is 11.6 Å². The summed E-state index contributed by atoms with van der Waals surface area (Å²) in [7, 11) is 0. The normalized spacial score (nSPS) is 54.0. The molecule has 0 aromatic rings. The van der Waals surface area contributed by atoms with Crippen molar-refractivity contribution >= 4 is 11.8 Å². The summed E-state index contributed by atoms with van der Waals surface area (Å²) in [5.74, 6) is 2.21. The minimum absolute atomic E-state index is 0.00702. The highest BCUT2D eigenvalue weighted by molar-refractivity contribution is 5.87. The molecule has 5 fully saturated rings. The van der Waals surface area contributed by atoms with Crippen molar-refractivity contribution in [1.29, 1.82) is 0 Å². The summed E-state index contributed by atoms with van der Waals surface area (Å²) >= 11 is 0. The molecule has 188 valence electrons. The van der Waals surface area contributed by atoms with Gasteiger partial charge < -0.3 is 14.2 Å². The van der Waals surface area contributed by atoms with Crippen LogP contribution in [0.3, 0.4) is 0 Å². The van der Waals surface area contributed by atoms with Gasteiger partial charge in [0.25, 0.3) is 0 Å². The molecule has 0 aromatic heterocycles. The second-order valence-electron chi connectivity index (χ2n) is 13.1. The van der Waals surface area contributed by atoms with E-state index in [1.807, 2.05) is 0 Å². The molecule has 0 aromatic carbocycles. The molecule has 11 atom stereocenters. The molecule has 0 radical (unpaired) electrons. The summed E-state index contributed by atoms with van der Waals surface area (Å²) in [5.41, 5.74) is 1.16. The molecular formula is C29H42O5. The number of carbonyl (C=O) groups is 2. The van der Waals surface area contributed by atoms with E-state index in [1.54, 1.807) is 0 Å². The highest BCUT2D eigenvalue weighted by Gasteiger charge is 2.71. The van der Waals surface area contributed by atoms with Gasteiger partial charge in [0.05, 0.1) is 12.7 Å². The number of ether oxygens (including phenoxy) is 3. The van der Waals surface area contributed by atoms with Gasteiger partial charge in [0.1, 0.15) is 11.9 Å². The van der Waals surface area contributed by atoms with Crippen LogP contribution in [0.1, 0.15) is 86.0 Å². The summed E-state index contributed by atoms with van der Waals surface area (Å²) < 4.78 is 18.8. The molecule has 6 aliphatic rings. The van der Waals surface area contributed by atoms with E-state index in [-0.39, 0.29) is 40.8 Å². The monoisotopic (exact) mass is 470 g/mol.